The fourth-order valence-electron chi connectivity index (χ4n) is 2.61. The third-order valence-electron chi connectivity index (χ3n) is 4.13. The Morgan fingerprint density at radius 1 is 0.966 bits per heavy atom. The molecule has 29 heavy (non-hydrogen) atoms. The van der Waals surface area contributed by atoms with Crippen LogP contribution in [0.25, 0.3) is 0 Å². The molecule has 2 aromatic carbocycles. The van der Waals surface area contributed by atoms with Crippen LogP contribution in [0.5, 0.6) is 0 Å². The molecule has 2 N–H and O–H groups in total. The first-order chi connectivity index (χ1) is 14.0. The number of esters is 1. The predicted molar refractivity (Wildman–Crippen MR) is 112 cm³/mol. The van der Waals surface area contributed by atoms with Crippen molar-refractivity contribution in [2.45, 2.75) is 13.0 Å². The van der Waals surface area contributed by atoms with Crippen LogP contribution in [-0.2, 0) is 9.53 Å². The van der Waals surface area contributed by atoms with Gasteiger partial charge in [-0.05, 0) is 48.2 Å². The Kier molecular flexibility index (Phi) is 6.76. The number of carbonyl (C=O) groups is 3. The molecule has 0 spiro atoms. The van der Waals surface area contributed by atoms with Crippen LogP contribution in [0.15, 0.2) is 72.1 Å². The molecule has 6 nitrogen and oxygen atoms in total. The van der Waals surface area contributed by atoms with Crippen molar-refractivity contribution in [1.29, 1.82) is 0 Å². The lowest BCUT2D eigenvalue weighted by atomic mass is 10.1. The molecule has 0 fully saturated rings. The number of hydrogen-bond acceptors (Lipinski definition) is 5. The van der Waals surface area contributed by atoms with Gasteiger partial charge in [0.2, 0.25) is 0 Å². The first-order valence-electron chi connectivity index (χ1n) is 8.99. The third kappa shape index (κ3) is 5.76. The van der Waals surface area contributed by atoms with Gasteiger partial charge in [0.05, 0.1) is 16.5 Å². The summed E-state index contributed by atoms with van der Waals surface area (Å²) in [4.78, 5) is 36.8. The summed E-state index contributed by atoms with van der Waals surface area (Å²) in [5.74, 6) is -1.20. The molecule has 0 bridgehead atoms. The highest BCUT2D eigenvalue weighted by molar-refractivity contribution is 7.12. The van der Waals surface area contributed by atoms with E-state index in [9.17, 15) is 14.4 Å². The molecule has 1 heterocycles. The molecule has 0 aliphatic heterocycles. The van der Waals surface area contributed by atoms with E-state index in [1.165, 1.54) is 23.5 Å². The van der Waals surface area contributed by atoms with Gasteiger partial charge < -0.3 is 15.4 Å². The topological polar surface area (TPSA) is 84.5 Å². The van der Waals surface area contributed by atoms with E-state index in [1.54, 1.807) is 24.3 Å². The van der Waals surface area contributed by atoms with Crippen molar-refractivity contribution < 1.29 is 19.1 Å². The van der Waals surface area contributed by atoms with Gasteiger partial charge in [-0.15, -0.1) is 11.3 Å². The van der Waals surface area contributed by atoms with Gasteiger partial charge in [0.25, 0.3) is 11.8 Å². The molecule has 148 valence electrons. The summed E-state index contributed by atoms with van der Waals surface area (Å²) in [6.07, 6.45) is 0. The van der Waals surface area contributed by atoms with Gasteiger partial charge >= 0.3 is 5.97 Å². The summed E-state index contributed by atoms with van der Waals surface area (Å²) in [5, 5.41) is 7.36. The molecule has 7 heteroatoms. The van der Waals surface area contributed by atoms with Crippen molar-refractivity contribution in [3.05, 3.63) is 88.1 Å². The van der Waals surface area contributed by atoms with Crippen molar-refractivity contribution in [3.8, 4) is 0 Å². The minimum Gasteiger partial charge on any atom is -0.452 e. The van der Waals surface area contributed by atoms with Gasteiger partial charge in [-0.25, -0.2) is 4.79 Å². The molecule has 0 saturated heterocycles. The summed E-state index contributed by atoms with van der Waals surface area (Å²) in [7, 11) is 0. The molecule has 1 aromatic heterocycles. The van der Waals surface area contributed by atoms with Crippen LogP contribution in [0.4, 0.5) is 5.69 Å². The standard InChI is InChI=1S/C22H20N2O4S/c1-15(16-6-3-2-4-7-16)23-20(25)14-28-22(27)17-9-11-18(12-10-17)24-21(26)19-8-5-13-29-19/h2-13,15H,14H2,1H3,(H,23,25)(H,24,26)/t15-/m1/s1. The fourth-order valence-corrected chi connectivity index (χ4v) is 3.23. The average Bonchev–Trinajstić information content (AvgIpc) is 3.28. The quantitative estimate of drug-likeness (QED) is 0.578. The van der Waals surface area contributed by atoms with Gasteiger partial charge in [0.1, 0.15) is 0 Å². The van der Waals surface area contributed by atoms with E-state index in [1.807, 2.05) is 42.6 Å². The predicted octanol–water partition coefficient (Wildman–Crippen LogP) is 4.03. The van der Waals surface area contributed by atoms with Gasteiger partial charge in [-0.3, -0.25) is 9.59 Å². The van der Waals surface area contributed by atoms with Crippen LogP contribution in [0.3, 0.4) is 0 Å². The van der Waals surface area contributed by atoms with Crippen LogP contribution in [0.1, 0.15) is 38.6 Å². The molecule has 0 unspecified atom stereocenters. The number of ether oxygens (including phenoxy) is 1. The Balaban J connectivity index is 1.48. The average molecular weight is 408 g/mol. The third-order valence-corrected chi connectivity index (χ3v) is 5.00. The Bertz CT molecular complexity index is 970. The molecule has 2 amide bonds. The second-order valence-corrected chi connectivity index (χ2v) is 7.23. The number of carbonyl (C=O) groups excluding carboxylic acids is 3. The highest BCUT2D eigenvalue weighted by Crippen LogP contribution is 2.15. The van der Waals surface area contributed by atoms with E-state index in [0.717, 1.165) is 5.56 Å². The zero-order valence-corrected chi connectivity index (χ0v) is 16.6. The molecule has 3 aromatic rings. The van der Waals surface area contributed by atoms with Crippen LogP contribution >= 0.6 is 11.3 Å². The number of amides is 2. The minimum atomic E-state index is -0.608. The van der Waals surface area contributed by atoms with Crippen molar-refractivity contribution >= 4 is 34.8 Å². The van der Waals surface area contributed by atoms with E-state index in [4.69, 9.17) is 4.74 Å². The van der Waals surface area contributed by atoms with Gasteiger partial charge in [-0.1, -0.05) is 36.4 Å². The summed E-state index contributed by atoms with van der Waals surface area (Å²) in [6.45, 7) is 1.49. The Hall–Kier alpha value is -3.45. The summed E-state index contributed by atoms with van der Waals surface area (Å²) in [6, 6.07) is 19.2. The fraction of sp³-hybridized carbons (Fsp3) is 0.136. The van der Waals surface area contributed by atoms with E-state index >= 15 is 0 Å². The van der Waals surface area contributed by atoms with Crippen LogP contribution in [0.2, 0.25) is 0 Å². The Morgan fingerprint density at radius 3 is 2.34 bits per heavy atom. The molecule has 3 rings (SSSR count). The largest absolute Gasteiger partial charge is 0.452 e. The van der Waals surface area contributed by atoms with Crippen LogP contribution in [0, 0.1) is 0 Å². The van der Waals surface area contributed by atoms with E-state index in [-0.39, 0.29) is 24.5 Å². The van der Waals surface area contributed by atoms with Crippen molar-refractivity contribution in [3.63, 3.8) is 0 Å². The first kappa shape index (κ1) is 20.3. The second kappa shape index (κ2) is 9.66. The van der Waals surface area contributed by atoms with E-state index in [0.29, 0.717) is 16.1 Å². The van der Waals surface area contributed by atoms with Crippen LogP contribution in [-0.4, -0.2) is 24.4 Å². The number of benzene rings is 2. The number of nitrogens with one attached hydrogen (secondary N) is 2. The molecular formula is C22H20N2O4S. The van der Waals surface area contributed by atoms with Gasteiger partial charge in [0, 0.05) is 5.69 Å². The second-order valence-electron chi connectivity index (χ2n) is 6.28. The molecular weight excluding hydrogens is 388 g/mol. The zero-order chi connectivity index (χ0) is 20.6. The Labute approximate surface area is 172 Å². The van der Waals surface area contributed by atoms with Crippen LogP contribution < -0.4 is 10.6 Å². The molecule has 1 atom stereocenters. The zero-order valence-electron chi connectivity index (χ0n) is 15.8. The lowest BCUT2D eigenvalue weighted by Gasteiger charge is -2.14. The van der Waals surface area contributed by atoms with Gasteiger partial charge in [0.15, 0.2) is 6.61 Å². The summed E-state index contributed by atoms with van der Waals surface area (Å²) >= 11 is 1.35. The minimum absolute atomic E-state index is 0.186. The van der Waals surface area contributed by atoms with E-state index < -0.39 is 5.97 Å². The summed E-state index contributed by atoms with van der Waals surface area (Å²) in [5.41, 5.74) is 1.82. The monoisotopic (exact) mass is 408 g/mol. The molecule has 0 radical (unpaired) electrons. The SMILES string of the molecule is C[C@@H](NC(=O)COC(=O)c1ccc(NC(=O)c2cccs2)cc1)c1ccccc1. The highest BCUT2D eigenvalue weighted by Gasteiger charge is 2.13. The number of thiophene rings is 1. The number of hydrogen-bond donors (Lipinski definition) is 2. The molecule has 0 aliphatic carbocycles. The molecule has 0 saturated carbocycles. The summed E-state index contributed by atoms with van der Waals surface area (Å²) < 4.78 is 5.07. The maximum atomic E-state index is 12.1. The first-order valence-corrected chi connectivity index (χ1v) is 9.87. The van der Waals surface area contributed by atoms with Crippen molar-refractivity contribution in [2.75, 3.05) is 11.9 Å². The Morgan fingerprint density at radius 2 is 1.69 bits per heavy atom. The van der Waals surface area contributed by atoms with Crippen molar-refractivity contribution in [2.24, 2.45) is 0 Å². The number of anilines is 1. The van der Waals surface area contributed by atoms with E-state index in [2.05, 4.69) is 10.6 Å². The maximum Gasteiger partial charge on any atom is 0.338 e. The lowest BCUT2D eigenvalue weighted by Crippen LogP contribution is -2.31. The van der Waals surface area contributed by atoms with Crippen molar-refractivity contribution in [1.82, 2.24) is 5.32 Å². The lowest BCUT2D eigenvalue weighted by molar-refractivity contribution is -0.124. The normalized spacial score (nSPS) is 11.3. The smallest absolute Gasteiger partial charge is 0.338 e. The number of rotatable bonds is 7. The highest BCUT2D eigenvalue weighted by atomic mass is 32.1. The molecule has 0 aliphatic rings. The maximum absolute atomic E-state index is 12.1. The van der Waals surface area contributed by atoms with Gasteiger partial charge in [-0.2, -0.15) is 0 Å².